The van der Waals surface area contributed by atoms with Gasteiger partial charge in [-0.3, -0.25) is 0 Å². The van der Waals surface area contributed by atoms with E-state index in [-0.39, 0.29) is 6.10 Å². The maximum atomic E-state index is 9.15. The van der Waals surface area contributed by atoms with Crippen LogP contribution in [0.15, 0.2) is 6.33 Å². The minimum atomic E-state index is -0.382. The first-order chi connectivity index (χ1) is 4.38. The molecule has 1 aromatic rings. The van der Waals surface area contributed by atoms with E-state index < -0.39 is 0 Å². The molecule has 1 aromatic heterocycles. The van der Waals surface area contributed by atoms with Gasteiger partial charge >= 0.3 is 0 Å². The van der Waals surface area contributed by atoms with Crippen LogP contribution in [0.1, 0.15) is 18.3 Å². The zero-order chi connectivity index (χ0) is 6.27. The van der Waals surface area contributed by atoms with Crippen LogP contribution in [0.2, 0.25) is 0 Å². The number of hydrogen-bond acceptors (Lipinski definition) is 3. The fourth-order valence-electron chi connectivity index (χ4n) is 1.08. The SMILES string of the molecule is O[C@H]1CCn2ncnc21. The Morgan fingerprint density at radius 1 is 1.78 bits per heavy atom. The van der Waals surface area contributed by atoms with Crippen molar-refractivity contribution in [3.63, 3.8) is 0 Å². The number of hydrogen-bond donors (Lipinski definition) is 1. The molecule has 9 heavy (non-hydrogen) atoms. The van der Waals surface area contributed by atoms with Crippen molar-refractivity contribution in [2.24, 2.45) is 0 Å². The third-order valence-electron chi connectivity index (χ3n) is 1.56. The minimum absolute atomic E-state index is 0.382. The predicted octanol–water partition coefficient (Wildman–Crippen LogP) is -0.285. The monoisotopic (exact) mass is 125 g/mol. The molecule has 0 amide bonds. The normalized spacial score (nSPS) is 24.3. The Morgan fingerprint density at radius 3 is 3.44 bits per heavy atom. The summed E-state index contributed by atoms with van der Waals surface area (Å²) < 4.78 is 1.73. The summed E-state index contributed by atoms with van der Waals surface area (Å²) in [5, 5.41) is 13.0. The molecule has 2 rings (SSSR count). The molecule has 2 heterocycles. The second-order valence-corrected chi connectivity index (χ2v) is 2.15. The highest BCUT2D eigenvalue weighted by Crippen LogP contribution is 2.20. The lowest BCUT2D eigenvalue weighted by atomic mass is 10.3. The third-order valence-corrected chi connectivity index (χ3v) is 1.56. The topological polar surface area (TPSA) is 50.9 Å². The molecule has 0 saturated carbocycles. The first-order valence-corrected chi connectivity index (χ1v) is 2.93. The summed E-state index contributed by atoms with van der Waals surface area (Å²) in [5.41, 5.74) is 0. The molecule has 48 valence electrons. The number of aryl methyl sites for hydroxylation is 1. The van der Waals surface area contributed by atoms with Gasteiger partial charge in [0.25, 0.3) is 0 Å². The largest absolute Gasteiger partial charge is 0.385 e. The molecule has 0 fully saturated rings. The van der Waals surface area contributed by atoms with E-state index in [9.17, 15) is 0 Å². The van der Waals surface area contributed by atoms with Crippen molar-refractivity contribution in [2.75, 3.05) is 0 Å². The molecule has 4 heteroatoms. The van der Waals surface area contributed by atoms with E-state index in [1.54, 1.807) is 4.68 Å². The van der Waals surface area contributed by atoms with Crippen LogP contribution < -0.4 is 0 Å². The van der Waals surface area contributed by atoms with Gasteiger partial charge in [-0.15, -0.1) is 0 Å². The highest BCUT2D eigenvalue weighted by molar-refractivity contribution is 4.94. The van der Waals surface area contributed by atoms with Gasteiger partial charge in [-0.2, -0.15) is 5.10 Å². The molecule has 1 atom stereocenters. The van der Waals surface area contributed by atoms with Crippen LogP contribution >= 0.6 is 0 Å². The maximum Gasteiger partial charge on any atom is 0.155 e. The molecule has 0 saturated heterocycles. The Bertz CT molecular complexity index is 220. The number of aromatic nitrogens is 3. The third kappa shape index (κ3) is 0.564. The fourth-order valence-corrected chi connectivity index (χ4v) is 1.08. The second-order valence-electron chi connectivity index (χ2n) is 2.15. The smallest absolute Gasteiger partial charge is 0.155 e. The number of fused-ring (bicyclic) bond motifs is 1. The summed E-state index contributed by atoms with van der Waals surface area (Å²) in [5.74, 6) is 0.704. The Morgan fingerprint density at radius 2 is 2.67 bits per heavy atom. The first-order valence-electron chi connectivity index (χ1n) is 2.93. The first kappa shape index (κ1) is 4.93. The molecular weight excluding hydrogens is 118 g/mol. The number of rotatable bonds is 0. The number of aliphatic hydroxyl groups is 1. The van der Waals surface area contributed by atoms with Crippen molar-refractivity contribution >= 4 is 0 Å². The average Bonchev–Trinajstić information content (AvgIpc) is 2.35. The number of aliphatic hydroxyl groups excluding tert-OH is 1. The van der Waals surface area contributed by atoms with Gasteiger partial charge in [-0.05, 0) is 0 Å². The summed E-state index contributed by atoms with van der Waals surface area (Å²) >= 11 is 0. The van der Waals surface area contributed by atoms with E-state index >= 15 is 0 Å². The van der Waals surface area contributed by atoms with E-state index in [0.717, 1.165) is 13.0 Å². The standard InChI is InChI=1S/C5H7N3O/c9-4-1-2-8-5(4)6-3-7-8/h3-4,9H,1-2H2/t4-/m0/s1. The summed E-state index contributed by atoms with van der Waals surface area (Å²) in [6.45, 7) is 0.802. The van der Waals surface area contributed by atoms with Crippen LogP contribution in [0.4, 0.5) is 0 Å². The highest BCUT2D eigenvalue weighted by Gasteiger charge is 2.21. The van der Waals surface area contributed by atoms with Gasteiger partial charge < -0.3 is 5.11 Å². The van der Waals surface area contributed by atoms with Gasteiger partial charge in [0.2, 0.25) is 0 Å². The zero-order valence-electron chi connectivity index (χ0n) is 4.86. The molecule has 1 aliphatic rings. The van der Waals surface area contributed by atoms with E-state index in [2.05, 4.69) is 10.1 Å². The van der Waals surface area contributed by atoms with Crippen molar-refractivity contribution < 1.29 is 5.11 Å². The Balaban J connectivity index is 2.49. The summed E-state index contributed by atoms with van der Waals surface area (Å²) in [4.78, 5) is 3.88. The van der Waals surface area contributed by atoms with Gasteiger partial charge in [0.05, 0.1) is 0 Å². The molecule has 1 N–H and O–H groups in total. The minimum Gasteiger partial charge on any atom is -0.385 e. The average molecular weight is 125 g/mol. The molecule has 0 bridgehead atoms. The Hall–Kier alpha value is -0.900. The van der Waals surface area contributed by atoms with Crippen molar-refractivity contribution in [3.8, 4) is 0 Å². The molecule has 0 spiro atoms. The van der Waals surface area contributed by atoms with Crippen LogP contribution in [0, 0.1) is 0 Å². The Labute approximate surface area is 52.1 Å². The van der Waals surface area contributed by atoms with Crippen LogP contribution in [-0.4, -0.2) is 19.9 Å². The molecular formula is C5H7N3O. The van der Waals surface area contributed by atoms with Crippen LogP contribution in [-0.2, 0) is 6.54 Å². The summed E-state index contributed by atoms with van der Waals surface area (Å²) in [7, 11) is 0. The van der Waals surface area contributed by atoms with Crippen molar-refractivity contribution in [1.82, 2.24) is 14.8 Å². The molecule has 0 radical (unpaired) electrons. The summed E-state index contributed by atoms with van der Waals surface area (Å²) in [6, 6.07) is 0. The lowest BCUT2D eigenvalue weighted by molar-refractivity contribution is 0.175. The van der Waals surface area contributed by atoms with Crippen LogP contribution in [0.25, 0.3) is 0 Å². The molecule has 0 aromatic carbocycles. The van der Waals surface area contributed by atoms with Gasteiger partial charge in [0.1, 0.15) is 12.4 Å². The molecule has 4 nitrogen and oxygen atoms in total. The summed E-state index contributed by atoms with van der Waals surface area (Å²) in [6.07, 6.45) is 1.85. The van der Waals surface area contributed by atoms with Crippen LogP contribution in [0.5, 0.6) is 0 Å². The van der Waals surface area contributed by atoms with E-state index in [4.69, 9.17) is 5.11 Å². The fraction of sp³-hybridized carbons (Fsp3) is 0.600. The quantitative estimate of drug-likeness (QED) is 0.518. The molecule has 0 aliphatic carbocycles. The lowest BCUT2D eigenvalue weighted by Crippen LogP contribution is -1.94. The van der Waals surface area contributed by atoms with Gasteiger partial charge in [-0.1, -0.05) is 0 Å². The maximum absolute atomic E-state index is 9.15. The van der Waals surface area contributed by atoms with Crippen LogP contribution in [0.3, 0.4) is 0 Å². The van der Waals surface area contributed by atoms with Crippen molar-refractivity contribution in [1.29, 1.82) is 0 Å². The molecule has 1 aliphatic heterocycles. The van der Waals surface area contributed by atoms with Gasteiger partial charge in [0, 0.05) is 13.0 Å². The zero-order valence-corrected chi connectivity index (χ0v) is 4.86. The van der Waals surface area contributed by atoms with E-state index in [1.807, 2.05) is 0 Å². The van der Waals surface area contributed by atoms with Gasteiger partial charge in [0.15, 0.2) is 5.82 Å². The van der Waals surface area contributed by atoms with E-state index in [1.165, 1.54) is 6.33 Å². The highest BCUT2D eigenvalue weighted by atomic mass is 16.3. The van der Waals surface area contributed by atoms with Crippen molar-refractivity contribution in [3.05, 3.63) is 12.2 Å². The predicted molar refractivity (Wildman–Crippen MR) is 29.6 cm³/mol. The number of nitrogens with zero attached hydrogens (tertiary/aromatic N) is 3. The molecule has 0 unspecified atom stereocenters. The lowest BCUT2D eigenvalue weighted by Gasteiger charge is -1.92. The van der Waals surface area contributed by atoms with Gasteiger partial charge in [-0.25, -0.2) is 9.67 Å². The van der Waals surface area contributed by atoms with E-state index in [0.29, 0.717) is 5.82 Å². The second kappa shape index (κ2) is 1.54. The van der Waals surface area contributed by atoms with Crippen molar-refractivity contribution in [2.45, 2.75) is 19.1 Å². The Kier molecular flexibility index (Phi) is 0.843.